The lowest BCUT2D eigenvalue weighted by molar-refractivity contribution is -0.138. The monoisotopic (exact) mass is 325 g/mol. The fourth-order valence-electron chi connectivity index (χ4n) is 3.69. The lowest BCUT2D eigenvalue weighted by Crippen LogP contribution is -2.43. The standard InChI is InChI=1S/C15H20ClN3O3/c16-13-11(8-18-19(14(13)22)9-12(20)21)17-5-2-10-6-15(7-10)3-1-4-15/h8,10,17H,1-7,9H2,(H,20,21). The molecule has 120 valence electrons. The molecular formula is C15H20ClN3O3. The summed E-state index contributed by atoms with van der Waals surface area (Å²) < 4.78 is 0.849. The number of rotatable bonds is 6. The molecular weight excluding hydrogens is 306 g/mol. The maximum Gasteiger partial charge on any atom is 0.325 e. The van der Waals surface area contributed by atoms with Crippen molar-refractivity contribution in [1.29, 1.82) is 0 Å². The van der Waals surface area contributed by atoms with Gasteiger partial charge < -0.3 is 10.4 Å². The third-order valence-corrected chi connectivity index (χ3v) is 5.36. The maximum atomic E-state index is 11.9. The van der Waals surface area contributed by atoms with E-state index in [-0.39, 0.29) is 5.02 Å². The predicted molar refractivity (Wildman–Crippen MR) is 83.3 cm³/mol. The van der Waals surface area contributed by atoms with E-state index in [0.717, 1.165) is 23.6 Å². The second-order valence-electron chi connectivity index (χ2n) is 6.57. The molecule has 22 heavy (non-hydrogen) atoms. The van der Waals surface area contributed by atoms with Gasteiger partial charge in [0, 0.05) is 6.54 Å². The van der Waals surface area contributed by atoms with E-state index in [4.69, 9.17) is 16.7 Å². The Morgan fingerprint density at radius 3 is 2.82 bits per heavy atom. The number of nitrogens with zero attached hydrogens (tertiary/aromatic N) is 2. The Morgan fingerprint density at radius 2 is 2.23 bits per heavy atom. The van der Waals surface area contributed by atoms with E-state index in [1.165, 1.54) is 38.3 Å². The molecule has 0 radical (unpaired) electrons. The van der Waals surface area contributed by atoms with Crippen molar-refractivity contribution >= 4 is 23.3 Å². The summed E-state index contributed by atoms with van der Waals surface area (Å²) in [5.74, 6) is -0.354. The van der Waals surface area contributed by atoms with Gasteiger partial charge in [-0.05, 0) is 43.4 Å². The van der Waals surface area contributed by atoms with E-state index in [9.17, 15) is 9.59 Å². The molecule has 2 aliphatic carbocycles. The van der Waals surface area contributed by atoms with E-state index >= 15 is 0 Å². The highest BCUT2D eigenvalue weighted by Crippen LogP contribution is 2.59. The molecule has 2 saturated carbocycles. The molecule has 2 fully saturated rings. The number of hydrogen-bond donors (Lipinski definition) is 2. The number of carboxylic acid groups (broad SMARTS) is 1. The zero-order valence-corrected chi connectivity index (χ0v) is 13.1. The first-order chi connectivity index (χ1) is 10.5. The fourth-order valence-corrected chi connectivity index (χ4v) is 3.91. The van der Waals surface area contributed by atoms with E-state index in [2.05, 4.69) is 10.4 Å². The normalized spacial score (nSPS) is 19.5. The number of aliphatic carboxylic acids is 1. The summed E-state index contributed by atoms with van der Waals surface area (Å²) >= 11 is 5.99. The summed E-state index contributed by atoms with van der Waals surface area (Å²) in [5, 5.41) is 15.7. The highest BCUT2D eigenvalue weighted by Gasteiger charge is 2.47. The summed E-state index contributed by atoms with van der Waals surface area (Å²) in [7, 11) is 0. The van der Waals surface area contributed by atoms with Gasteiger partial charge in [-0.15, -0.1) is 0 Å². The second kappa shape index (κ2) is 5.91. The first kappa shape index (κ1) is 15.3. The molecule has 0 bridgehead atoms. The average molecular weight is 326 g/mol. The van der Waals surface area contributed by atoms with E-state index in [1.54, 1.807) is 0 Å². The van der Waals surface area contributed by atoms with Gasteiger partial charge >= 0.3 is 5.97 Å². The molecule has 7 heteroatoms. The van der Waals surface area contributed by atoms with Crippen LogP contribution in [0, 0.1) is 11.3 Å². The smallest absolute Gasteiger partial charge is 0.325 e. The molecule has 2 N–H and O–H groups in total. The molecule has 1 aromatic heterocycles. The van der Waals surface area contributed by atoms with E-state index < -0.39 is 18.1 Å². The average Bonchev–Trinajstić information content (AvgIpc) is 2.37. The lowest BCUT2D eigenvalue weighted by Gasteiger charge is -2.54. The number of anilines is 1. The van der Waals surface area contributed by atoms with Crippen molar-refractivity contribution in [3.63, 3.8) is 0 Å². The van der Waals surface area contributed by atoms with Gasteiger partial charge in [-0.1, -0.05) is 18.0 Å². The van der Waals surface area contributed by atoms with Gasteiger partial charge in [0.25, 0.3) is 5.56 Å². The minimum Gasteiger partial charge on any atom is -0.480 e. The highest BCUT2D eigenvalue weighted by atomic mass is 35.5. The molecule has 0 saturated heterocycles. The Morgan fingerprint density at radius 1 is 1.50 bits per heavy atom. The molecule has 3 rings (SSSR count). The van der Waals surface area contributed by atoms with Gasteiger partial charge in [0.15, 0.2) is 0 Å². The Balaban J connectivity index is 1.51. The third kappa shape index (κ3) is 2.97. The molecule has 0 aliphatic heterocycles. The van der Waals surface area contributed by atoms with Crippen LogP contribution < -0.4 is 10.9 Å². The molecule has 6 nitrogen and oxygen atoms in total. The topological polar surface area (TPSA) is 84.2 Å². The van der Waals surface area contributed by atoms with Gasteiger partial charge in [0.2, 0.25) is 0 Å². The van der Waals surface area contributed by atoms with Crippen molar-refractivity contribution in [2.24, 2.45) is 11.3 Å². The van der Waals surface area contributed by atoms with Crippen LogP contribution in [0.4, 0.5) is 5.69 Å². The van der Waals surface area contributed by atoms with Crippen LogP contribution in [-0.2, 0) is 11.3 Å². The van der Waals surface area contributed by atoms with Crippen molar-refractivity contribution < 1.29 is 9.90 Å². The molecule has 1 aromatic rings. The largest absolute Gasteiger partial charge is 0.480 e. The van der Waals surface area contributed by atoms with Crippen molar-refractivity contribution in [1.82, 2.24) is 9.78 Å². The number of nitrogens with one attached hydrogen (secondary N) is 1. The number of aromatic nitrogens is 2. The Kier molecular flexibility index (Phi) is 4.12. The minimum atomic E-state index is -1.12. The number of halogens is 1. The van der Waals surface area contributed by atoms with Crippen LogP contribution in [0.5, 0.6) is 0 Å². The predicted octanol–water partition coefficient (Wildman–Crippen LogP) is 2.36. The SMILES string of the molecule is O=C(O)Cn1ncc(NCCC2CC3(CCC3)C2)c(Cl)c1=O. The van der Waals surface area contributed by atoms with Crippen molar-refractivity contribution in [3.05, 3.63) is 21.6 Å². The highest BCUT2D eigenvalue weighted by molar-refractivity contribution is 6.32. The van der Waals surface area contributed by atoms with Gasteiger partial charge in [-0.3, -0.25) is 9.59 Å². The third-order valence-electron chi connectivity index (χ3n) is 5.00. The number of hydrogen-bond acceptors (Lipinski definition) is 4. The maximum absolute atomic E-state index is 11.9. The van der Waals surface area contributed by atoms with Crippen LogP contribution in [0.2, 0.25) is 5.02 Å². The number of carbonyl (C=O) groups is 1. The number of carboxylic acids is 1. The van der Waals surface area contributed by atoms with Crippen LogP contribution in [0.25, 0.3) is 0 Å². The van der Waals surface area contributed by atoms with Crippen LogP contribution in [-0.4, -0.2) is 27.4 Å². The van der Waals surface area contributed by atoms with E-state index in [1.807, 2.05) is 0 Å². The van der Waals surface area contributed by atoms with Gasteiger partial charge in [0.1, 0.15) is 11.6 Å². The zero-order chi connectivity index (χ0) is 15.7. The molecule has 2 aliphatic rings. The Labute approximate surface area is 133 Å². The van der Waals surface area contributed by atoms with Crippen molar-refractivity contribution in [2.75, 3.05) is 11.9 Å². The molecule has 0 atom stereocenters. The van der Waals surface area contributed by atoms with Crippen LogP contribution in [0.1, 0.15) is 38.5 Å². The van der Waals surface area contributed by atoms with E-state index in [0.29, 0.717) is 11.1 Å². The Bertz CT molecular complexity index is 631. The molecule has 0 unspecified atom stereocenters. The minimum absolute atomic E-state index is 0.000299. The van der Waals surface area contributed by atoms with Crippen molar-refractivity contribution in [2.45, 2.75) is 45.1 Å². The zero-order valence-electron chi connectivity index (χ0n) is 12.3. The molecule has 0 amide bonds. The molecule has 1 heterocycles. The summed E-state index contributed by atoms with van der Waals surface area (Å²) in [5.41, 5.74) is 0.582. The summed E-state index contributed by atoms with van der Waals surface area (Å²) in [4.78, 5) is 22.5. The van der Waals surface area contributed by atoms with Crippen LogP contribution in [0.15, 0.2) is 11.0 Å². The fraction of sp³-hybridized carbons (Fsp3) is 0.667. The first-order valence-electron chi connectivity index (χ1n) is 7.70. The summed E-state index contributed by atoms with van der Waals surface area (Å²) in [6, 6.07) is 0. The molecule has 0 aromatic carbocycles. The van der Waals surface area contributed by atoms with Crippen LogP contribution >= 0.6 is 11.6 Å². The molecule has 1 spiro atoms. The van der Waals surface area contributed by atoms with Gasteiger partial charge in [0.05, 0.1) is 11.9 Å². The first-order valence-corrected chi connectivity index (χ1v) is 8.08. The van der Waals surface area contributed by atoms with Crippen molar-refractivity contribution in [3.8, 4) is 0 Å². The summed E-state index contributed by atoms with van der Waals surface area (Å²) in [6.45, 7) is 0.271. The Hall–Kier alpha value is -1.56. The van der Waals surface area contributed by atoms with Crippen LogP contribution in [0.3, 0.4) is 0 Å². The lowest BCUT2D eigenvalue weighted by atomic mass is 9.51. The van der Waals surface area contributed by atoms with Gasteiger partial charge in [-0.25, -0.2) is 4.68 Å². The quantitative estimate of drug-likeness (QED) is 0.838. The summed E-state index contributed by atoms with van der Waals surface area (Å²) in [6.07, 6.45) is 9.33. The second-order valence-corrected chi connectivity index (χ2v) is 6.95. The van der Waals surface area contributed by atoms with Gasteiger partial charge in [-0.2, -0.15) is 5.10 Å².